The molecule has 0 aliphatic carbocycles. The lowest BCUT2D eigenvalue weighted by Crippen LogP contribution is -2.54. The number of rotatable bonds is 8. The molecule has 190 valence electrons. The van der Waals surface area contributed by atoms with Crippen molar-refractivity contribution in [1.29, 1.82) is 0 Å². The van der Waals surface area contributed by atoms with Gasteiger partial charge >= 0.3 is 6.03 Å². The molecule has 1 aliphatic rings. The molecule has 1 N–H and O–H groups in total. The summed E-state index contributed by atoms with van der Waals surface area (Å²) < 4.78 is 17.0. The van der Waals surface area contributed by atoms with Crippen LogP contribution in [0.3, 0.4) is 0 Å². The molecule has 0 radical (unpaired) electrons. The molecular formula is C28H25ClN2O6. The van der Waals surface area contributed by atoms with Crippen LogP contribution in [0, 0.1) is 13.8 Å². The van der Waals surface area contributed by atoms with E-state index in [0.29, 0.717) is 22.7 Å². The van der Waals surface area contributed by atoms with E-state index < -0.39 is 17.8 Å². The van der Waals surface area contributed by atoms with Crippen LogP contribution in [0.2, 0.25) is 5.02 Å². The van der Waals surface area contributed by atoms with Crippen LogP contribution in [0.5, 0.6) is 17.2 Å². The number of carbonyl (C=O) groups excluding carboxylic acids is 3. The molecule has 9 heteroatoms. The number of para-hydroxylation sites is 1. The fourth-order valence-electron chi connectivity index (χ4n) is 3.73. The van der Waals surface area contributed by atoms with Crippen LogP contribution < -0.4 is 24.4 Å². The lowest BCUT2D eigenvalue weighted by molar-refractivity contribution is -0.122. The third kappa shape index (κ3) is 5.76. The minimum Gasteiger partial charge on any atom is -0.493 e. The minimum atomic E-state index is -0.816. The molecule has 37 heavy (non-hydrogen) atoms. The van der Waals surface area contributed by atoms with Gasteiger partial charge in [0, 0.05) is 0 Å². The molecule has 8 nitrogen and oxygen atoms in total. The van der Waals surface area contributed by atoms with Crippen LogP contribution in [0.1, 0.15) is 16.7 Å². The second kappa shape index (κ2) is 11.2. The van der Waals surface area contributed by atoms with Crippen molar-refractivity contribution in [3.63, 3.8) is 0 Å². The van der Waals surface area contributed by atoms with E-state index in [4.69, 9.17) is 25.8 Å². The van der Waals surface area contributed by atoms with E-state index in [1.807, 2.05) is 38.1 Å². The van der Waals surface area contributed by atoms with Gasteiger partial charge in [0.05, 0.1) is 17.8 Å². The second-order valence-corrected chi connectivity index (χ2v) is 8.70. The van der Waals surface area contributed by atoms with E-state index in [-0.39, 0.29) is 23.8 Å². The van der Waals surface area contributed by atoms with Crippen LogP contribution in [0.25, 0.3) is 6.08 Å². The van der Waals surface area contributed by atoms with Crippen LogP contribution in [-0.2, 0) is 9.59 Å². The summed E-state index contributed by atoms with van der Waals surface area (Å²) in [6, 6.07) is 16.8. The molecule has 0 bridgehead atoms. The minimum absolute atomic E-state index is 0.208. The average Bonchev–Trinajstić information content (AvgIpc) is 2.87. The fourth-order valence-corrected chi connectivity index (χ4v) is 4.00. The van der Waals surface area contributed by atoms with E-state index in [9.17, 15) is 14.4 Å². The first kappa shape index (κ1) is 25.8. The first-order valence-electron chi connectivity index (χ1n) is 11.5. The second-order valence-electron chi connectivity index (χ2n) is 8.29. The summed E-state index contributed by atoms with van der Waals surface area (Å²) in [6.45, 7) is 4.34. The van der Waals surface area contributed by atoms with Crippen molar-refractivity contribution < 1.29 is 28.6 Å². The summed E-state index contributed by atoms with van der Waals surface area (Å²) in [5, 5.41) is 2.43. The number of aryl methyl sites for hydroxylation is 2. The van der Waals surface area contributed by atoms with Gasteiger partial charge in [-0.3, -0.25) is 14.9 Å². The van der Waals surface area contributed by atoms with E-state index in [1.165, 1.54) is 13.2 Å². The van der Waals surface area contributed by atoms with Gasteiger partial charge in [-0.15, -0.1) is 0 Å². The number of carbonyl (C=O) groups is 3. The van der Waals surface area contributed by atoms with Crippen LogP contribution in [0.15, 0.2) is 66.2 Å². The molecule has 1 fully saturated rings. The Kier molecular flexibility index (Phi) is 7.79. The van der Waals surface area contributed by atoms with Crippen LogP contribution in [0.4, 0.5) is 10.5 Å². The number of barbiturate groups is 1. The number of nitrogens with one attached hydrogen (secondary N) is 1. The average molecular weight is 521 g/mol. The van der Waals surface area contributed by atoms with Gasteiger partial charge in [0.2, 0.25) is 0 Å². The molecule has 0 saturated carbocycles. The monoisotopic (exact) mass is 520 g/mol. The summed E-state index contributed by atoms with van der Waals surface area (Å²) in [4.78, 5) is 39.0. The van der Waals surface area contributed by atoms with Gasteiger partial charge in [0.15, 0.2) is 11.5 Å². The first-order chi connectivity index (χ1) is 17.8. The molecule has 4 rings (SSSR count). The number of anilines is 1. The number of amides is 4. The maximum atomic E-state index is 13.1. The Morgan fingerprint density at radius 2 is 1.62 bits per heavy atom. The highest BCUT2D eigenvalue weighted by Gasteiger charge is 2.36. The predicted octanol–water partition coefficient (Wildman–Crippen LogP) is 5.09. The summed E-state index contributed by atoms with van der Waals surface area (Å²) >= 11 is 6.46. The van der Waals surface area contributed by atoms with Crippen molar-refractivity contribution in [2.75, 3.05) is 25.2 Å². The van der Waals surface area contributed by atoms with Gasteiger partial charge in [-0.05, 0) is 61.4 Å². The highest BCUT2D eigenvalue weighted by atomic mass is 35.5. The lowest BCUT2D eigenvalue weighted by Gasteiger charge is -2.26. The number of benzene rings is 3. The van der Waals surface area contributed by atoms with E-state index >= 15 is 0 Å². The van der Waals surface area contributed by atoms with Crippen molar-refractivity contribution >= 4 is 41.2 Å². The van der Waals surface area contributed by atoms with Gasteiger partial charge in [0.1, 0.15) is 24.5 Å². The highest BCUT2D eigenvalue weighted by Crippen LogP contribution is 2.37. The van der Waals surface area contributed by atoms with Crippen molar-refractivity contribution in [3.8, 4) is 17.2 Å². The lowest BCUT2D eigenvalue weighted by atomic mass is 10.1. The zero-order valence-corrected chi connectivity index (χ0v) is 21.3. The Balaban J connectivity index is 1.53. The van der Waals surface area contributed by atoms with E-state index in [0.717, 1.165) is 21.8 Å². The maximum Gasteiger partial charge on any atom is 0.335 e. The summed E-state index contributed by atoms with van der Waals surface area (Å²) in [6.07, 6.45) is 1.35. The van der Waals surface area contributed by atoms with Gasteiger partial charge in [0.25, 0.3) is 11.8 Å². The Hall–Kier alpha value is -4.30. The summed E-state index contributed by atoms with van der Waals surface area (Å²) in [5.74, 6) is -0.177. The number of nitrogens with zero attached hydrogens (tertiary/aromatic N) is 1. The number of halogens is 1. The first-order valence-corrected chi connectivity index (χ1v) is 11.8. The van der Waals surface area contributed by atoms with Gasteiger partial charge < -0.3 is 14.2 Å². The molecule has 1 saturated heterocycles. The van der Waals surface area contributed by atoms with Gasteiger partial charge in [-0.1, -0.05) is 47.5 Å². The molecule has 0 aromatic heterocycles. The summed E-state index contributed by atoms with van der Waals surface area (Å²) in [5.41, 5.74) is 2.52. The number of methoxy groups -OCH3 is 1. The number of hydrogen-bond acceptors (Lipinski definition) is 6. The zero-order chi connectivity index (χ0) is 26.5. The topological polar surface area (TPSA) is 94.2 Å². The van der Waals surface area contributed by atoms with Gasteiger partial charge in [-0.25, -0.2) is 9.69 Å². The SMILES string of the molecule is COc1cc(/C=C2/C(=O)NC(=O)N(c3ccc(C)cc3)C2=O)cc(Cl)c1OCCOc1ccccc1C. The van der Waals surface area contributed by atoms with Crippen LogP contribution >= 0.6 is 11.6 Å². The number of urea groups is 1. The fraction of sp³-hybridized carbons (Fsp3) is 0.179. The molecule has 3 aromatic rings. The van der Waals surface area contributed by atoms with Crippen molar-refractivity contribution in [3.05, 3.63) is 87.9 Å². The normalized spacial score (nSPS) is 14.5. The third-order valence-corrected chi connectivity index (χ3v) is 5.92. The van der Waals surface area contributed by atoms with Crippen molar-refractivity contribution in [1.82, 2.24) is 5.32 Å². The van der Waals surface area contributed by atoms with E-state index in [1.54, 1.807) is 36.4 Å². The van der Waals surface area contributed by atoms with E-state index in [2.05, 4.69) is 5.32 Å². The van der Waals surface area contributed by atoms with Crippen molar-refractivity contribution in [2.45, 2.75) is 13.8 Å². The molecule has 4 amide bonds. The Morgan fingerprint density at radius 3 is 2.32 bits per heavy atom. The van der Waals surface area contributed by atoms with Gasteiger partial charge in [-0.2, -0.15) is 0 Å². The quantitative estimate of drug-likeness (QED) is 0.252. The summed E-state index contributed by atoms with van der Waals surface area (Å²) in [7, 11) is 1.45. The van der Waals surface area contributed by atoms with Crippen LogP contribution in [-0.4, -0.2) is 38.2 Å². The standard InChI is InChI=1S/C28H25ClN2O6/c1-17-8-10-20(11-9-17)31-27(33)21(26(32)30-28(31)34)14-19-15-22(29)25(24(16-19)35-3)37-13-12-36-23-7-5-4-6-18(23)2/h4-11,14-16H,12-13H2,1-3H3,(H,30,32,34)/b21-14-. The molecule has 0 atom stereocenters. The predicted molar refractivity (Wildman–Crippen MR) is 140 cm³/mol. The molecule has 1 aliphatic heterocycles. The molecule has 0 spiro atoms. The maximum absolute atomic E-state index is 13.1. The Labute approximate surface area is 219 Å². The molecule has 0 unspecified atom stereocenters. The highest BCUT2D eigenvalue weighted by molar-refractivity contribution is 6.39. The Morgan fingerprint density at radius 1 is 0.919 bits per heavy atom. The molecule has 1 heterocycles. The number of ether oxygens (including phenoxy) is 3. The zero-order valence-electron chi connectivity index (χ0n) is 20.5. The smallest absolute Gasteiger partial charge is 0.335 e. The van der Waals surface area contributed by atoms with Crippen molar-refractivity contribution in [2.24, 2.45) is 0 Å². The molecular weight excluding hydrogens is 496 g/mol. The Bertz CT molecular complexity index is 1380. The number of hydrogen-bond donors (Lipinski definition) is 1. The third-order valence-electron chi connectivity index (χ3n) is 5.64. The molecule has 3 aromatic carbocycles. The number of imide groups is 2. The largest absolute Gasteiger partial charge is 0.493 e.